The molecule has 2 saturated carbocycles. The zero-order valence-corrected chi connectivity index (χ0v) is 19.5. The highest BCUT2D eigenvalue weighted by Crippen LogP contribution is 2.52. The van der Waals surface area contributed by atoms with Gasteiger partial charge in [0.2, 0.25) is 5.43 Å². The summed E-state index contributed by atoms with van der Waals surface area (Å²) in [6, 6.07) is 1.32. The lowest BCUT2D eigenvalue weighted by molar-refractivity contribution is 0.0695. The van der Waals surface area contributed by atoms with Crippen LogP contribution in [0.25, 0.3) is 10.9 Å². The number of ether oxygens (including phenoxy) is 1. The molecule has 8 nitrogen and oxygen atoms in total. The average molecular weight is 471 g/mol. The van der Waals surface area contributed by atoms with Crippen LogP contribution in [0.1, 0.15) is 48.5 Å². The number of methoxy groups -OCH3 is 1. The molecule has 1 atom stereocenters. The molecule has 0 bridgehead atoms. The van der Waals surface area contributed by atoms with Gasteiger partial charge in [-0.25, -0.2) is 9.18 Å². The second kappa shape index (κ2) is 7.95. The maximum absolute atomic E-state index is 15.6. The molecule has 2 aromatic rings. The topological polar surface area (TPSA) is 87.0 Å². The van der Waals surface area contributed by atoms with Crippen molar-refractivity contribution in [3.8, 4) is 5.75 Å². The number of aromatic nitrogens is 1. The minimum atomic E-state index is -1.30. The van der Waals surface area contributed by atoms with E-state index in [1.807, 2.05) is 4.57 Å². The summed E-state index contributed by atoms with van der Waals surface area (Å²) < 4.78 is 23.2. The van der Waals surface area contributed by atoms with Crippen LogP contribution in [-0.2, 0) is 0 Å². The summed E-state index contributed by atoms with van der Waals surface area (Å²) in [6.07, 6.45) is 6.59. The highest BCUT2D eigenvalue weighted by molar-refractivity contribution is 5.97. The van der Waals surface area contributed by atoms with Gasteiger partial charge in [-0.3, -0.25) is 9.69 Å². The van der Waals surface area contributed by atoms with Crippen molar-refractivity contribution >= 4 is 22.6 Å². The lowest BCUT2D eigenvalue weighted by atomic mass is 9.94. The van der Waals surface area contributed by atoms with Gasteiger partial charge in [0.1, 0.15) is 11.3 Å². The first-order valence-electron chi connectivity index (χ1n) is 12.3. The van der Waals surface area contributed by atoms with Crippen LogP contribution in [0.15, 0.2) is 17.1 Å². The Morgan fingerprint density at radius 1 is 1.21 bits per heavy atom. The van der Waals surface area contributed by atoms with Gasteiger partial charge in [0, 0.05) is 57.0 Å². The quantitative estimate of drug-likeness (QED) is 0.671. The Kier molecular flexibility index (Phi) is 5.11. The Morgan fingerprint density at radius 2 is 1.94 bits per heavy atom. The minimum absolute atomic E-state index is 0.0696. The van der Waals surface area contributed by atoms with Crippen LogP contribution in [-0.4, -0.2) is 72.5 Å². The molecule has 0 amide bonds. The minimum Gasteiger partial charge on any atom is -0.492 e. The molecule has 1 aromatic carbocycles. The number of nitrogens with one attached hydrogen (secondary N) is 1. The molecular weight excluding hydrogens is 439 g/mol. The number of piperazine rings is 1. The molecular formula is C25H31FN4O4. The monoisotopic (exact) mass is 470 g/mol. The Hall–Kier alpha value is -2.65. The molecule has 1 unspecified atom stereocenters. The molecule has 34 heavy (non-hydrogen) atoms. The third-order valence-corrected chi connectivity index (χ3v) is 8.35. The molecule has 2 saturated heterocycles. The number of hydrogen-bond acceptors (Lipinski definition) is 6. The van der Waals surface area contributed by atoms with Gasteiger partial charge >= 0.3 is 5.97 Å². The number of fused-ring (bicyclic) bond motifs is 1. The summed E-state index contributed by atoms with van der Waals surface area (Å²) in [5, 5.41) is 13.0. The van der Waals surface area contributed by atoms with Crippen molar-refractivity contribution in [3.05, 3.63) is 33.9 Å². The van der Waals surface area contributed by atoms with Crippen molar-refractivity contribution in [1.82, 2.24) is 14.8 Å². The Morgan fingerprint density at radius 3 is 2.56 bits per heavy atom. The van der Waals surface area contributed by atoms with Crippen LogP contribution >= 0.6 is 0 Å². The number of carboxylic acids is 1. The second-order valence-corrected chi connectivity index (χ2v) is 10.2. The van der Waals surface area contributed by atoms with Crippen molar-refractivity contribution in [1.29, 1.82) is 0 Å². The number of pyridine rings is 1. The van der Waals surface area contributed by atoms with Crippen molar-refractivity contribution in [2.75, 3.05) is 51.3 Å². The van der Waals surface area contributed by atoms with Crippen LogP contribution < -0.4 is 20.4 Å². The standard InChI is InChI=1S/C25H31FN4O4/c1-34-23-20-17(22(31)18(24(32)33)14-30(20)16-2-3-16)12-19(26)21(23)28-9-4-15(13-28)25(5-6-25)29-10-7-27-8-11-29/h12,14-16,27H,2-11,13H2,1H3,(H,32,33). The fourth-order valence-corrected chi connectivity index (χ4v) is 6.35. The average Bonchev–Trinajstić information content (AvgIpc) is 3.77. The van der Waals surface area contributed by atoms with E-state index >= 15 is 4.39 Å². The van der Waals surface area contributed by atoms with E-state index in [9.17, 15) is 14.7 Å². The summed E-state index contributed by atoms with van der Waals surface area (Å²) in [5.74, 6) is -1.03. The molecule has 2 N–H and O–H groups in total. The van der Waals surface area contributed by atoms with E-state index in [-0.39, 0.29) is 22.5 Å². The Bertz CT molecular complexity index is 1210. The zero-order chi connectivity index (χ0) is 23.6. The van der Waals surface area contributed by atoms with Gasteiger partial charge in [0.25, 0.3) is 0 Å². The molecule has 2 aliphatic carbocycles. The zero-order valence-electron chi connectivity index (χ0n) is 19.5. The number of nitrogens with zero attached hydrogens (tertiary/aromatic N) is 3. The smallest absolute Gasteiger partial charge is 0.341 e. The maximum atomic E-state index is 15.6. The molecule has 3 heterocycles. The van der Waals surface area contributed by atoms with E-state index in [1.54, 1.807) is 0 Å². The predicted molar refractivity (Wildman–Crippen MR) is 127 cm³/mol. The van der Waals surface area contributed by atoms with Crippen LogP contribution in [0.5, 0.6) is 5.75 Å². The number of carbonyl (C=O) groups is 1. The first-order valence-corrected chi connectivity index (χ1v) is 12.3. The van der Waals surface area contributed by atoms with E-state index in [2.05, 4.69) is 15.1 Å². The van der Waals surface area contributed by atoms with E-state index in [1.165, 1.54) is 32.2 Å². The van der Waals surface area contributed by atoms with Gasteiger partial charge in [-0.15, -0.1) is 0 Å². The number of benzene rings is 1. The lowest BCUT2D eigenvalue weighted by Gasteiger charge is -2.39. The first kappa shape index (κ1) is 21.9. The number of anilines is 1. The number of aromatic carboxylic acids is 1. The largest absolute Gasteiger partial charge is 0.492 e. The SMILES string of the molecule is COc1c(N2CCC(C3(N4CCNCC4)CC3)C2)c(F)cc2c(=O)c(C(=O)O)cn(C3CC3)c12. The third kappa shape index (κ3) is 3.32. The van der Waals surface area contributed by atoms with Crippen LogP contribution in [0.3, 0.4) is 0 Å². The number of carboxylic acid groups (broad SMARTS) is 1. The highest BCUT2D eigenvalue weighted by Gasteiger charge is 2.55. The summed E-state index contributed by atoms with van der Waals surface area (Å²) in [7, 11) is 1.50. The molecule has 1 aromatic heterocycles. The normalized spacial score (nSPS) is 24.5. The van der Waals surface area contributed by atoms with Gasteiger partial charge in [-0.1, -0.05) is 0 Å². The second-order valence-electron chi connectivity index (χ2n) is 10.2. The summed E-state index contributed by atoms with van der Waals surface area (Å²) in [4.78, 5) is 29.3. The predicted octanol–water partition coefficient (Wildman–Crippen LogP) is 2.45. The molecule has 4 fully saturated rings. The third-order valence-electron chi connectivity index (χ3n) is 8.35. The number of hydrogen-bond donors (Lipinski definition) is 2. The van der Waals surface area contributed by atoms with Gasteiger partial charge in [-0.05, 0) is 44.1 Å². The first-order chi connectivity index (χ1) is 16.4. The van der Waals surface area contributed by atoms with Gasteiger partial charge in [0.05, 0.1) is 18.0 Å². The fraction of sp³-hybridized carbons (Fsp3) is 0.600. The van der Waals surface area contributed by atoms with Gasteiger partial charge in [0.15, 0.2) is 11.6 Å². The van der Waals surface area contributed by atoms with Crippen LogP contribution in [0.4, 0.5) is 10.1 Å². The Balaban J connectivity index is 1.41. The van der Waals surface area contributed by atoms with Crippen LogP contribution in [0, 0.1) is 11.7 Å². The molecule has 9 heteroatoms. The highest BCUT2D eigenvalue weighted by atomic mass is 19.1. The van der Waals surface area contributed by atoms with E-state index in [0.717, 1.165) is 58.5 Å². The molecule has 0 radical (unpaired) electrons. The van der Waals surface area contributed by atoms with Gasteiger partial charge in [-0.2, -0.15) is 0 Å². The molecule has 4 aliphatic rings. The molecule has 182 valence electrons. The summed E-state index contributed by atoms with van der Waals surface area (Å²) in [5.41, 5.74) is 0.123. The number of halogens is 1. The van der Waals surface area contributed by atoms with E-state index in [0.29, 0.717) is 22.9 Å². The van der Waals surface area contributed by atoms with Crippen molar-refractivity contribution in [2.24, 2.45) is 5.92 Å². The van der Waals surface area contributed by atoms with Crippen molar-refractivity contribution < 1.29 is 19.0 Å². The Labute approximate surface area is 197 Å². The molecule has 0 spiro atoms. The summed E-state index contributed by atoms with van der Waals surface area (Å²) in [6.45, 7) is 5.64. The van der Waals surface area contributed by atoms with E-state index in [4.69, 9.17) is 4.74 Å². The van der Waals surface area contributed by atoms with Crippen molar-refractivity contribution in [2.45, 2.75) is 43.7 Å². The van der Waals surface area contributed by atoms with Gasteiger partial charge < -0.3 is 24.6 Å². The van der Waals surface area contributed by atoms with Crippen molar-refractivity contribution in [3.63, 3.8) is 0 Å². The molecule has 2 aliphatic heterocycles. The van der Waals surface area contributed by atoms with Crippen LogP contribution in [0.2, 0.25) is 0 Å². The lowest BCUT2D eigenvalue weighted by Crippen LogP contribution is -2.53. The fourth-order valence-electron chi connectivity index (χ4n) is 6.35. The summed E-state index contributed by atoms with van der Waals surface area (Å²) >= 11 is 0. The maximum Gasteiger partial charge on any atom is 0.341 e. The van der Waals surface area contributed by atoms with E-state index < -0.39 is 17.2 Å². The molecule has 6 rings (SSSR count). The number of rotatable bonds is 6.